The zero-order valence-corrected chi connectivity index (χ0v) is 18.6. The van der Waals surface area contributed by atoms with Crippen LogP contribution in [0.3, 0.4) is 0 Å². The molecule has 2 aromatic rings. The van der Waals surface area contributed by atoms with Gasteiger partial charge < -0.3 is 20.3 Å². The van der Waals surface area contributed by atoms with Crippen molar-refractivity contribution >= 4 is 17.7 Å². The van der Waals surface area contributed by atoms with Crippen molar-refractivity contribution in [3.8, 4) is 5.69 Å². The van der Waals surface area contributed by atoms with Crippen molar-refractivity contribution in [3.05, 3.63) is 42.7 Å². The van der Waals surface area contributed by atoms with Crippen LogP contribution >= 0.6 is 0 Å². The highest BCUT2D eigenvalue weighted by molar-refractivity contribution is 5.87. The van der Waals surface area contributed by atoms with E-state index in [-0.39, 0.29) is 12.1 Å². The van der Waals surface area contributed by atoms with E-state index in [1.807, 2.05) is 24.4 Å². The lowest BCUT2D eigenvalue weighted by molar-refractivity contribution is -0.193. The average molecular weight is 480 g/mol. The lowest BCUT2D eigenvalue weighted by atomic mass is 9.89. The van der Waals surface area contributed by atoms with E-state index >= 15 is 0 Å². The Labute approximate surface area is 195 Å². The van der Waals surface area contributed by atoms with Gasteiger partial charge in [0.25, 0.3) is 0 Å². The number of aromatic nitrogens is 2. The van der Waals surface area contributed by atoms with Gasteiger partial charge in [-0.05, 0) is 56.0 Å². The van der Waals surface area contributed by atoms with Crippen molar-refractivity contribution < 1.29 is 27.5 Å². The van der Waals surface area contributed by atoms with Crippen molar-refractivity contribution in [1.82, 2.24) is 20.4 Å². The molecular weight excluding hydrogens is 451 g/mol. The summed E-state index contributed by atoms with van der Waals surface area (Å²) in [7, 11) is 0. The Morgan fingerprint density at radius 1 is 1.00 bits per heavy atom. The van der Waals surface area contributed by atoms with Crippen molar-refractivity contribution in [3.63, 3.8) is 0 Å². The van der Waals surface area contributed by atoms with Crippen LogP contribution in [0.1, 0.15) is 38.5 Å². The average Bonchev–Trinajstić information content (AvgIpc) is 3.35. The maximum Gasteiger partial charge on any atom is 0.491 e. The van der Waals surface area contributed by atoms with E-state index < -0.39 is 24.3 Å². The van der Waals surface area contributed by atoms with Crippen molar-refractivity contribution in [2.45, 2.75) is 62.8 Å². The molecule has 0 bridgehead atoms. The van der Waals surface area contributed by atoms with Gasteiger partial charge in [0.15, 0.2) is 0 Å². The normalized spacial score (nSPS) is 23.4. The van der Waals surface area contributed by atoms with Crippen molar-refractivity contribution in [1.29, 1.82) is 0 Å². The Bertz CT molecular complexity index is 965. The van der Waals surface area contributed by atoms with Gasteiger partial charge in [-0.2, -0.15) is 18.3 Å². The number of alkyl carbamates (subject to hydrolysis) is 1. The molecule has 1 aliphatic carbocycles. The molecule has 0 radical (unpaired) electrons. The monoisotopic (exact) mass is 479 g/mol. The van der Waals surface area contributed by atoms with Gasteiger partial charge in [-0.1, -0.05) is 12.8 Å². The van der Waals surface area contributed by atoms with Gasteiger partial charge in [0.1, 0.15) is 0 Å². The summed E-state index contributed by atoms with van der Waals surface area (Å²) in [5, 5.41) is 10.3. The number of nitrogens with zero attached hydrogens (tertiary/aromatic N) is 3. The molecular formula is C23H28F3N5O3. The lowest BCUT2D eigenvalue weighted by Gasteiger charge is -2.40. The minimum atomic E-state index is -5.20. The number of anilines is 1. The number of carbonyl (C=O) groups is 2. The van der Waals surface area contributed by atoms with E-state index in [0.717, 1.165) is 56.6 Å². The molecule has 8 nitrogen and oxygen atoms in total. The number of amides is 1. The topological polar surface area (TPSA) is 88.5 Å². The number of carbonyl (C=O) groups excluding carboxylic acids is 2. The zero-order chi connectivity index (χ0) is 24.1. The van der Waals surface area contributed by atoms with E-state index in [4.69, 9.17) is 0 Å². The lowest BCUT2D eigenvalue weighted by Crippen LogP contribution is -2.57. The molecule has 2 aliphatic rings. The molecule has 1 aromatic heterocycles. The SMILES string of the molecule is O=C(N[C@@H]1CCCC[C@H]1N[C@H]1CCCN(c2ccc(-n3cccn3)cc2)C1)OC(=O)C(F)(F)F. The third-order valence-electron chi connectivity index (χ3n) is 6.34. The second-order valence-corrected chi connectivity index (χ2v) is 8.74. The summed E-state index contributed by atoms with van der Waals surface area (Å²) < 4.78 is 42.8. The summed E-state index contributed by atoms with van der Waals surface area (Å²) in [5.74, 6) is -2.51. The molecule has 11 heteroatoms. The molecule has 1 saturated heterocycles. The van der Waals surface area contributed by atoms with Gasteiger partial charge >= 0.3 is 18.2 Å². The summed E-state index contributed by atoms with van der Waals surface area (Å²) in [6.07, 6.45) is 2.20. The molecule has 1 aliphatic heterocycles. The van der Waals surface area contributed by atoms with Gasteiger partial charge in [-0.25, -0.2) is 14.3 Å². The van der Waals surface area contributed by atoms with Crippen LogP contribution in [0.15, 0.2) is 42.7 Å². The summed E-state index contributed by atoms with van der Waals surface area (Å²) in [4.78, 5) is 25.1. The molecule has 0 unspecified atom stereocenters. The Hall–Kier alpha value is -3.08. The standard InChI is InChI=1S/C23H28F3N5O3/c24-23(25,26)21(32)34-22(33)29-20-7-2-1-6-19(20)28-16-5-3-13-30(15-16)17-8-10-18(11-9-17)31-14-4-12-27-31/h4,8-12,14,16,19-20,28H,1-3,5-7,13,15H2,(H,29,33)/t16-,19+,20+/m0/s1. The van der Waals surface area contributed by atoms with Crippen LogP contribution in [0.4, 0.5) is 23.7 Å². The van der Waals surface area contributed by atoms with Crippen LogP contribution < -0.4 is 15.5 Å². The predicted octanol–water partition coefficient (Wildman–Crippen LogP) is 3.56. The first-order valence-corrected chi connectivity index (χ1v) is 11.5. The van der Waals surface area contributed by atoms with Gasteiger partial charge in [0.05, 0.1) is 5.69 Å². The second kappa shape index (κ2) is 10.5. The van der Waals surface area contributed by atoms with E-state index in [1.165, 1.54) is 0 Å². The van der Waals surface area contributed by atoms with E-state index in [1.54, 1.807) is 10.9 Å². The van der Waals surface area contributed by atoms with Gasteiger partial charge in [-0.3, -0.25) is 0 Å². The number of nitrogens with one attached hydrogen (secondary N) is 2. The maximum atomic E-state index is 12.4. The smallest absolute Gasteiger partial charge is 0.370 e. The first kappa shape index (κ1) is 24.1. The number of alkyl halides is 3. The molecule has 1 saturated carbocycles. The largest absolute Gasteiger partial charge is 0.491 e. The molecule has 0 spiro atoms. The highest BCUT2D eigenvalue weighted by Gasteiger charge is 2.43. The fourth-order valence-corrected chi connectivity index (χ4v) is 4.71. The fourth-order valence-electron chi connectivity index (χ4n) is 4.71. The van der Waals surface area contributed by atoms with Crippen LogP contribution in [0.2, 0.25) is 0 Å². The van der Waals surface area contributed by atoms with Crippen LogP contribution in [-0.4, -0.2) is 59.2 Å². The molecule has 2 fully saturated rings. The number of esters is 1. The van der Waals surface area contributed by atoms with E-state index in [9.17, 15) is 22.8 Å². The quantitative estimate of drug-likeness (QED) is 0.504. The summed E-state index contributed by atoms with van der Waals surface area (Å²) in [6, 6.07) is 9.72. The first-order valence-electron chi connectivity index (χ1n) is 11.5. The van der Waals surface area contributed by atoms with Gasteiger partial charge in [0.2, 0.25) is 0 Å². The Balaban J connectivity index is 1.33. The first-order chi connectivity index (χ1) is 16.3. The summed E-state index contributed by atoms with van der Waals surface area (Å²) >= 11 is 0. The number of piperidine rings is 1. The van der Waals surface area contributed by atoms with Crippen LogP contribution in [0, 0.1) is 0 Å². The van der Waals surface area contributed by atoms with Gasteiger partial charge in [-0.15, -0.1) is 0 Å². The fraction of sp³-hybridized carbons (Fsp3) is 0.522. The number of benzene rings is 1. The minimum absolute atomic E-state index is 0.102. The predicted molar refractivity (Wildman–Crippen MR) is 119 cm³/mol. The van der Waals surface area contributed by atoms with Crippen molar-refractivity contribution in [2.75, 3.05) is 18.0 Å². The Morgan fingerprint density at radius 3 is 2.38 bits per heavy atom. The number of hydrogen-bond acceptors (Lipinski definition) is 6. The van der Waals surface area contributed by atoms with Crippen LogP contribution in [-0.2, 0) is 9.53 Å². The number of hydrogen-bond donors (Lipinski definition) is 2. The number of rotatable bonds is 5. The van der Waals surface area contributed by atoms with Crippen molar-refractivity contribution in [2.24, 2.45) is 0 Å². The molecule has 1 amide bonds. The number of halogens is 3. The maximum absolute atomic E-state index is 12.4. The second-order valence-electron chi connectivity index (χ2n) is 8.74. The highest BCUT2D eigenvalue weighted by atomic mass is 19.4. The van der Waals surface area contributed by atoms with E-state index in [0.29, 0.717) is 6.42 Å². The molecule has 4 rings (SSSR count). The molecule has 34 heavy (non-hydrogen) atoms. The molecule has 184 valence electrons. The van der Waals surface area contributed by atoms with E-state index in [2.05, 4.69) is 37.5 Å². The van der Waals surface area contributed by atoms with Crippen LogP contribution in [0.5, 0.6) is 0 Å². The molecule has 3 atom stereocenters. The third-order valence-corrected chi connectivity index (χ3v) is 6.34. The zero-order valence-electron chi connectivity index (χ0n) is 18.6. The Morgan fingerprint density at radius 2 is 1.71 bits per heavy atom. The summed E-state index contributed by atoms with van der Waals surface area (Å²) in [6.45, 7) is 1.71. The summed E-state index contributed by atoms with van der Waals surface area (Å²) in [5.41, 5.74) is 2.09. The molecule has 1 aromatic carbocycles. The van der Waals surface area contributed by atoms with Crippen LogP contribution in [0.25, 0.3) is 5.69 Å². The minimum Gasteiger partial charge on any atom is -0.370 e. The number of ether oxygens (including phenoxy) is 1. The van der Waals surface area contributed by atoms with Gasteiger partial charge in [0, 0.05) is 49.3 Å². The Kier molecular flexibility index (Phi) is 7.40. The highest BCUT2D eigenvalue weighted by Crippen LogP contribution is 2.25. The third kappa shape index (κ3) is 6.07. The molecule has 2 heterocycles. The molecule has 2 N–H and O–H groups in total.